The third kappa shape index (κ3) is 5.03. The molecule has 1 fully saturated rings. The van der Waals surface area contributed by atoms with Crippen LogP contribution in [0.2, 0.25) is 0 Å². The van der Waals surface area contributed by atoms with E-state index in [1.54, 1.807) is 7.11 Å². The van der Waals surface area contributed by atoms with Crippen LogP contribution in [0.4, 0.5) is 0 Å². The zero-order valence-electron chi connectivity index (χ0n) is 18.6. The topological polar surface area (TPSA) is 47.6 Å². The van der Waals surface area contributed by atoms with Gasteiger partial charge in [-0.25, -0.2) is 0 Å². The number of hydrogen-bond acceptors (Lipinski definition) is 3. The second-order valence-corrected chi connectivity index (χ2v) is 8.45. The molecule has 1 saturated heterocycles. The summed E-state index contributed by atoms with van der Waals surface area (Å²) in [6.07, 6.45) is 2.12. The third-order valence-corrected chi connectivity index (χ3v) is 6.55. The summed E-state index contributed by atoms with van der Waals surface area (Å²) in [4.78, 5) is 13.2. The molecule has 1 aliphatic heterocycles. The molecule has 32 heavy (non-hydrogen) atoms. The van der Waals surface area contributed by atoms with Crippen molar-refractivity contribution in [3.05, 3.63) is 102 Å². The molecule has 0 atom stereocenters. The molecule has 4 rings (SSSR count). The van der Waals surface area contributed by atoms with Crippen LogP contribution in [-0.4, -0.2) is 32.8 Å². The SMILES string of the molecule is COc1ccccc1C1(CNC(=O)CC(c2ccccc2)c2ccccc2)CCOCC1. The maximum absolute atomic E-state index is 13.2. The van der Waals surface area contributed by atoms with Gasteiger partial charge in [-0.15, -0.1) is 0 Å². The zero-order valence-corrected chi connectivity index (χ0v) is 18.6. The quantitative estimate of drug-likeness (QED) is 0.543. The number of hydrogen-bond donors (Lipinski definition) is 1. The van der Waals surface area contributed by atoms with E-state index >= 15 is 0 Å². The molecule has 0 aromatic heterocycles. The number of carbonyl (C=O) groups is 1. The number of carbonyl (C=O) groups excluding carboxylic acids is 1. The fourth-order valence-electron chi connectivity index (χ4n) is 4.71. The molecule has 0 radical (unpaired) electrons. The summed E-state index contributed by atoms with van der Waals surface area (Å²) in [7, 11) is 1.70. The van der Waals surface area contributed by atoms with E-state index in [9.17, 15) is 4.79 Å². The Hall–Kier alpha value is -3.11. The van der Waals surface area contributed by atoms with E-state index in [1.807, 2.05) is 54.6 Å². The molecule has 4 heteroatoms. The van der Waals surface area contributed by atoms with Crippen molar-refractivity contribution < 1.29 is 14.3 Å². The minimum absolute atomic E-state index is 0.0225. The van der Waals surface area contributed by atoms with Crippen LogP contribution in [0.5, 0.6) is 5.75 Å². The van der Waals surface area contributed by atoms with Gasteiger partial charge in [0.1, 0.15) is 5.75 Å². The summed E-state index contributed by atoms with van der Waals surface area (Å²) in [5.74, 6) is 0.952. The molecule has 3 aromatic carbocycles. The lowest BCUT2D eigenvalue weighted by Crippen LogP contribution is -2.45. The second-order valence-electron chi connectivity index (χ2n) is 8.45. The van der Waals surface area contributed by atoms with E-state index in [4.69, 9.17) is 9.47 Å². The Morgan fingerprint density at radius 2 is 1.47 bits per heavy atom. The van der Waals surface area contributed by atoms with Crippen molar-refractivity contribution in [2.24, 2.45) is 0 Å². The Morgan fingerprint density at radius 1 is 0.906 bits per heavy atom. The van der Waals surface area contributed by atoms with Crippen molar-refractivity contribution in [2.45, 2.75) is 30.6 Å². The smallest absolute Gasteiger partial charge is 0.220 e. The second kappa shape index (κ2) is 10.5. The molecule has 1 N–H and O–H groups in total. The highest BCUT2D eigenvalue weighted by Gasteiger charge is 2.37. The van der Waals surface area contributed by atoms with Gasteiger partial charge in [0.15, 0.2) is 0 Å². The Bertz CT molecular complexity index is 958. The Balaban J connectivity index is 1.53. The molecule has 1 aliphatic rings. The first-order valence-electron chi connectivity index (χ1n) is 11.3. The number of methoxy groups -OCH3 is 1. The third-order valence-electron chi connectivity index (χ3n) is 6.55. The highest BCUT2D eigenvalue weighted by atomic mass is 16.5. The molecule has 166 valence electrons. The van der Waals surface area contributed by atoms with Crippen LogP contribution in [0.1, 0.15) is 41.9 Å². The van der Waals surface area contributed by atoms with Gasteiger partial charge in [-0.1, -0.05) is 78.9 Å². The minimum atomic E-state index is -0.185. The lowest BCUT2D eigenvalue weighted by molar-refractivity contribution is -0.121. The summed E-state index contributed by atoms with van der Waals surface area (Å²) in [6.45, 7) is 1.95. The van der Waals surface area contributed by atoms with Crippen LogP contribution in [0, 0.1) is 0 Å². The van der Waals surface area contributed by atoms with Crippen LogP contribution in [0.25, 0.3) is 0 Å². The number of ether oxygens (including phenoxy) is 2. The number of amides is 1. The van der Waals surface area contributed by atoms with Gasteiger partial charge in [-0.3, -0.25) is 4.79 Å². The summed E-state index contributed by atoms with van der Waals surface area (Å²) in [5, 5.41) is 3.26. The van der Waals surface area contributed by atoms with Crippen LogP contribution in [0.3, 0.4) is 0 Å². The molecule has 0 spiro atoms. The zero-order chi connectivity index (χ0) is 22.2. The standard InChI is InChI=1S/C28H31NO3/c1-31-26-15-9-8-14-25(26)28(16-18-32-19-17-28)21-29-27(30)20-24(22-10-4-2-5-11-22)23-12-6-3-7-13-23/h2-15,24H,16-21H2,1H3,(H,29,30). The van der Waals surface area contributed by atoms with E-state index in [0.717, 1.165) is 35.3 Å². The predicted octanol–water partition coefficient (Wildman–Crippen LogP) is 5.08. The Kier molecular flexibility index (Phi) is 7.23. The maximum Gasteiger partial charge on any atom is 0.220 e. The maximum atomic E-state index is 13.2. The predicted molar refractivity (Wildman–Crippen MR) is 127 cm³/mol. The normalized spacial score (nSPS) is 15.3. The molecule has 3 aromatic rings. The average molecular weight is 430 g/mol. The van der Waals surface area contributed by atoms with Gasteiger partial charge in [0, 0.05) is 43.1 Å². The van der Waals surface area contributed by atoms with Crippen LogP contribution >= 0.6 is 0 Å². The summed E-state index contributed by atoms with van der Waals surface area (Å²) in [5.41, 5.74) is 3.27. The molecular formula is C28H31NO3. The van der Waals surface area contributed by atoms with E-state index in [1.165, 1.54) is 0 Å². The van der Waals surface area contributed by atoms with Crippen molar-refractivity contribution in [3.8, 4) is 5.75 Å². The molecule has 0 aliphatic carbocycles. The van der Waals surface area contributed by atoms with Crippen LogP contribution in [-0.2, 0) is 14.9 Å². The molecule has 0 bridgehead atoms. The average Bonchev–Trinajstić information content (AvgIpc) is 2.87. The first kappa shape index (κ1) is 22.1. The molecule has 0 unspecified atom stereocenters. The highest BCUT2D eigenvalue weighted by molar-refractivity contribution is 5.77. The summed E-state index contributed by atoms with van der Waals surface area (Å²) >= 11 is 0. The Morgan fingerprint density at radius 3 is 2.06 bits per heavy atom. The van der Waals surface area contributed by atoms with Gasteiger partial charge in [-0.05, 0) is 30.0 Å². The number of nitrogens with one attached hydrogen (secondary N) is 1. The fourth-order valence-corrected chi connectivity index (χ4v) is 4.71. The van der Waals surface area contributed by atoms with E-state index in [2.05, 4.69) is 35.6 Å². The number of benzene rings is 3. The van der Waals surface area contributed by atoms with Gasteiger partial charge < -0.3 is 14.8 Å². The van der Waals surface area contributed by atoms with Crippen molar-refractivity contribution in [1.29, 1.82) is 0 Å². The Labute approximate surface area is 190 Å². The van der Waals surface area contributed by atoms with Crippen molar-refractivity contribution in [2.75, 3.05) is 26.9 Å². The van der Waals surface area contributed by atoms with Crippen molar-refractivity contribution in [1.82, 2.24) is 5.32 Å². The summed E-state index contributed by atoms with van der Waals surface area (Å²) < 4.78 is 11.3. The van der Waals surface area contributed by atoms with Gasteiger partial charge >= 0.3 is 0 Å². The first-order valence-corrected chi connectivity index (χ1v) is 11.3. The molecule has 4 nitrogen and oxygen atoms in total. The number of rotatable bonds is 8. The minimum Gasteiger partial charge on any atom is -0.496 e. The van der Waals surface area contributed by atoms with Gasteiger partial charge in [0.2, 0.25) is 5.91 Å². The fraction of sp³-hybridized carbons (Fsp3) is 0.321. The molecule has 1 amide bonds. The highest BCUT2D eigenvalue weighted by Crippen LogP contribution is 2.39. The van der Waals surface area contributed by atoms with Gasteiger partial charge in [-0.2, -0.15) is 0 Å². The van der Waals surface area contributed by atoms with Crippen LogP contribution in [0.15, 0.2) is 84.9 Å². The van der Waals surface area contributed by atoms with Crippen LogP contribution < -0.4 is 10.1 Å². The van der Waals surface area contributed by atoms with Gasteiger partial charge in [0.25, 0.3) is 0 Å². The monoisotopic (exact) mass is 429 g/mol. The molecule has 0 saturated carbocycles. The number of para-hydroxylation sites is 1. The first-order chi connectivity index (χ1) is 15.7. The largest absolute Gasteiger partial charge is 0.496 e. The van der Waals surface area contributed by atoms with Crippen molar-refractivity contribution >= 4 is 5.91 Å². The lowest BCUT2D eigenvalue weighted by atomic mass is 9.73. The van der Waals surface area contributed by atoms with E-state index < -0.39 is 0 Å². The molecule has 1 heterocycles. The molecular weight excluding hydrogens is 398 g/mol. The lowest BCUT2D eigenvalue weighted by Gasteiger charge is -2.38. The van der Waals surface area contributed by atoms with Gasteiger partial charge in [0.05, 0.1) is 7.11 Å². The summed E-state index contributed by atoms with van der Waals surface area (Å²) in [6, 6.07) is 28.7. The van der Waals surface area contributed by atoms with E-state index in [-0.39, 0.29) is 17.2 Å². The van der Waals surface area contributed by atoms with Crippen molar-refractivity contribution in [3.63, 3.8) is 0 Å². The van der Waals surface area contributed by atoms with E-state index in [0.29, 0.717) is 26.2 Å².